The van der Waals surface area contributed by atoms with Crippen molar-refractivity contribution in [1.29, 1.82) is 0 Å². The summed E-state index contributed by atoms with van der Waals surface area (Å²) in [7, 11) is 1.48. The van der Waals surface area contributed by atoms with Gasteiger partial charge in [0.25, 0.3) is 12.3 Å². The molecule has 1 aromatic carbocycles. The lowest BCUT2D eigenvalue weighted by atomic mass is 10.2. The van der Waals surface area contributed by atoms with Gasteiger partial charge in [0, 0.05) is 23.7 Å². The Labute approximate surface area is 148 Å². The van der Waals surface area contributed by atoms with Crippen LogP contribution < -0.4 is 10.1 Å². The summed E-state index contributed by atoms with van der Waals surface area (Å²) >= 11 is 0. The summed E-state index contributed by atoms with van der Waals surface area (Å²) in [5, 5.41) is 7.95. The zero-order valence-corrected chi connectivity index (χ0v) is 14.5. The van der Waals surface area contributed by atoms with E-state index >= 15 is 0 Å². The van der Waals surface area contributed by atoms with Crippen molar-refractivity contribution in [3.63, 3.8) is 0 Å². The highest BCUT2D eigenvalue weighted by Gasteiger charge is 2.16. The second-order valence-electron chi connectivity index (χ2n) is 6.02. The predicted octanol–water partition coefficient (Wildman–Crippen LogP) is 4.21. The predicted molar refractivity (Wildman–Crippen MR) is 93.8 cm³/mol. The molecule has 0 spiro atoms. The number of pyridine rings is 1. The highest BCUT2D eigenvalue weighted by atomic mass is 19.3. The van der Waals surface area contributed by atoms with Gasteiger partial charge in [0.2, 0.25) is 0 Å². The Morgan fingerprint density at radius 2 is 2.04 bits per heavy atom. The number of benzene rings is 1. The number of nitrogens with zero attached hydrogens (tertiary/aromatic N) is 3. The second kappa shape index (κ2) is 7.07. The van der Waals surface area contributed by atoms with Crippen molar-refractivity contribution in [2.24, 2.45) is 0 Å². The SMILES string of the molecule is COc1cc2nn(C(C)C)cc2cc1NC(=O)c1cccc(C(F)F)n1. The van der Waals surface area contributed by atoms with Crippen molar-refractivity contribution < 1.29 is 18.3 Å². The number of halogens is 2. The molecule has 3 rings (SSSR count). The van der Waals surface area contributed by atoms with E-state index in [2.05, 4.69) is 15.4 Å². The van der Waals surface area contributed by atoms with Crippen LogP contribution in [0.15, 0.2) is 36.5 Å². The first-order valence-electron chi connectivity index (χ1n) is 8.02. The van der Waals surface area contributed by atoms with E-state index in [1.807, 2.05) is 24.7 Å². The van der Waals surface area contributed by atoms with Gasteiger partial charge in [-0.3, -0.25) is 9.48 Å². The maximum atomic E-state index is 12.8. The first-order chi connectivity index (χ1) is 12.4. The Hall–Kier alpha value is -3.03. The molecule has 2 aromatic heterocycles. The van der Waals surface area contributed by atoms with Gasteiger partial charge >= 0.3 is 0 Å². The monoisotopic (exact) mass is 360 g/mol. The van der Waals surface area contributed by atoms with Crippen LogP contribution >= 0.6 is 0 Å². The average molecular weight is 360 g/mol. The molecule has 0 aliphatic heterocycles. The van der Waals surface area contributed by atoms with E-state index in [0.29, 0.717) is 11.4 Å². The summed E-state index contributed by atoms with van der Waals surface area (Å²) in [4.78, 5) is 16.1. The molecule has 2 heterocycles. The van der Waals surface area contributed by atoms with E-state index in [9.17, 15) is 13.6 Å². The number of nitrogens with one attached hydrogen (secondary N) is 1. The van der Waals surface area contributed by atoms with E-state index in [-0.39, 0.29) is 11.7 Å². The van der Waals surface area contributed by atoms with Crippen LogP contribution in [-0.4, -0.2) is 27.8 Å². The average Bonchev–Trinajstić information content (AvgIpc) is 3.04. The van der Waals surface area contributed by atoms with Gasteiger partial charge in [0.15, 0.2) is 0 Å². The van der Waals surface area contributed by atoms with Crippen molar-refractivity contribution >= 4 is 22.5 Å². The number of anilines is 1. The lowest BCUT2D eigenvalue weighted by Crippen LogP contribution is -2.15. The molecular formula is C18H18F2N4O2. The van der Waals surface area contributed by atoms with Crippen molar-refractivity contribution in [1.82, 2.24) is 14.8 Å². The van der Waals surface area contributed by atoms with Crippen LogP contribution in [0.3, 0.4) is 0 Å². The molecule has 0 fully saturated rings. The van der Waals surface area contributed by atoms with Crippen molar-refractivity contribution in [3.8, 4) is 5.75 Å². The van der Waals surface area contributed by atoms with Gasteiger partial charge in [-0.2, -0.15) is 5.10 Å². The molecule has 8 heteroatoms. The van der Waals surface area contributed by atoms with Gasteiger partial charge in [-0.05, 0) is 32.0 Å². The van der Waals surface area contributed by atoms with Crippen molar-refractivity contribution in [3.05, 3.63) is 47.9 Å². The Kier molecular flexibility index (Phi) is 4.83. The molecular weight excluding hydrogens is 342 g/mol. The standard InChI is InChI=1S/C18H18F2N4O2/c1-10(2)24-9-11-7-15(16(26-3)8-14(11)23-24)22-18(25)13-6-4-5-12(21-13)17(19)20/h4-10,17H,1-3H3,(H,22,25). The fourth-order valence-corrected chi connectivity index (χ4v) is 2.49. The van der Waals surface area contributed by atoms with E-state index in [1.165, 1.54) is 25.3 Å². The van der Waals surface area contributed by atoms with Crippen molar-refractivity contribution in [2.75, 3.05) is 12.4 Å². The molecule has 0 atom stereocenters. The van der Waals surface area contributed by atoms with E-state index in [0.717, 1.165) is 10.9 Å². The van der Waals surface area contributed by atoms with Crippen LogP contribution in [0, 0.1) is 0 Å². The molecule has 0 saturated heterocycles. The zero-order valence-electron chi connectivity index (χ0n) is 14.5. The lowest BCUT2D eigenvalue weighted by molar-refractivity contribution is 0.101. The molecule has 0 bridgehead atoms. The molecule has 1 amide bonds. The third-order valence-electron chi connectivity index (χ3n) is 3.85. The van der Waals surface area contributed by atoms with Crippen molar-refractivity contribution in [2.45, 2.75) is 26.3 Å². The highest BCUT2D eigenvalue weighted by molar-refractivity contribution is 6.05. The van der Waals surface area contributed by atoms with Gasteiger partial charge in [0.05, 0.1) is 18.3 Å². The number of aromatic nitrogens is 3. The third-order valence-corrected chi connectivity index (χ3v) is 3.85. The molecule has 0 saturated carbocycles. The summed E-state index contributed by atoms with van der Waals surface area (Å²) in [5.74, 6) is -0.175. The summed E-state index contributed by atoms with van der Waals surface area (Å²) in [5.41, 5.74) is 0.602. The number of hydrogen-bond donors (Lipinski definition) is 1. The van der Waals surface area contributed by atoms with E-state index in [4.69, 9.17) is 4.74 Å². The number of amides is 1. The molecule has 136 valence electrons. The normalized spacial score (nSPS) is 11.3. The zero-order chi connectivity index (χ0) is 18.8. The second-order valence-corrected chi connectivity index (χ2v) is 6.02. The van der Waals surface area contributed by atoms with Crippen LogP contribution in [0.5, 0.6) is 5.75 Å². The molecule has 0 aliphatic carbocycles. The van der Waals surface area contributed by atoms with Gasteiger partial charge in [-0.25, -0.2) is 13.8 Å². The number of rotatable bonds is 5. The molecule has 3 aromatic rings. The van der Waals surface area contributed by atoms with Crippen LogP contribution in [0.2, 0.25) is 0 Å². The summed E-state index contributed by atoms with van der Waals surface area (Å²) in [6, 6.07) is 7.56. The lowest BCUT2D eigenvalue weighted by Gasteiger charge is -2.10. The number of ether oxygens (including phenoxy) is 1. The molecule has 0 radical (unpaired) electrons. The Balaban J connectivity index is 1.94. The van der Waals surface area contributed by atoms with Crippen LogP contribution in [0.25, 0.3) is 10.9 Å². The summed E-state index contributed by atoms with van der Waals surface area (Å²) in [6.45, 7) is 4.01. The number of fused-ring (bicyclic) bond motifs is 1. The van der Waals surface area contributed by atoms with E-state index in [1.54, 1.807) is 12.1 Å². The Morgan fingerprint density at radius 3 is 2.69 bits per heavy atom. The van der Waals surface area contributed by atoms with Crippen LogP contribution in [0.4, 0.5) is 14.5 Å². The minimum absolute atomic E-state index is 0.0946. The summed E-state index contributed by atoms with van der Waals surface area (Å²) in [6.07, 6.45) is -0.874. The Bertz CT molecular complexity index is 954. The number of methoxy groups -OCH3 is 1. The van der Waals surface area contributed by atoms with E-state index < -0.39 is 18.0 Å². The maximum Gasteiger partial charge on any atom is 0.280 e. The molecule has 0 unspecified atom stereocenters. The number of alkyl halides is 2. The van der Waals surface area contributed by atoms with Gasteiger partial charge in [-0.1, -0.05) is 6.07 Å². The number of carbonyl (C=O) groups excluding carboxylic acids is 1. The van der Waals surface area contributed by atoms with Gasteiger partial charge < -0.3 is 10.1 Å². The first-order valence-corrected chi connectivity index (χ1v) is 8.02. The fraction of sp³-hybridized carbons (Fsp3) is 0.278. The largest absolute Gasteiger partial charge is 0.494 e. The maximum absolute atomic E-state index is 12.8. The quantitative estimate of drug-likeness (QED) is 0.740. The van der Waals surface area contributed by atoms with Gasteiger partial charge in [-0.15, -0.1) is 0 Å². The minimum Gasteiger partial charge on any atom is -0.494 e. The van der Waals surface area contributed by atoms with Gasteiger partial charge in [0.1, 0.15) is 17.1 Å². The van der Waals surface area contributed by atoms with Crippen LogP contribution in [-0.2, 0) is 0 Å². The summed E-state index contributed by atoms with van der Waals surface area (Å²) < 4.78 is 32.7. The molecule has 0 aliphatic rings. The third kappa shape index (κ3) is 3.49. The number of hydrogen-bond acceptors (Lipinski definition) is 4. The first kappa shape index (κ1) is 17.8. The highest BCUT2D eigenvalue weighted by Crippen LogP contribution is 2.30. The minimum atomic E-state index is -2.74. The number of carbonyl (C=O) groups is 1. The smallest absolute Gasteiger partial charge is 0.280 e. The molecule has 26 heavy (non-hydrogen) atoms. The molecule has 1 N–H and O–H groups in total. The fourth-order valence-electron chi connectivity index (χ4n) is 2.49. The topological polar surface area (TPSA) is 69.0 Å². The molecule has 6 nitrogen and oxygen atoms in total. The Morgan fingerprint density at radius 1 is 1.27 bits per heavy atom. The van der Waals surface area contributed by atoms with Crippen LogP contribution in [0.1, 0.15) is 42.5 Å².